The zero-order chi connectivity index (χ0) is 22.4. The molecule has 1 heterocycles. The van der Waals surface area contributed by atoms with E-state index in [1.807, 2.05) is 24.3 Å². The second-order valence-corrected chi connectivity index (χ2v) is 7.53. The molecule has 7 nitrogen and oxygen atoms in total. The van der Waals surface area contributed by atoms with Crippen LogP contribution in [0.3, 0.4) is 0 Å². The van der Waals surface area contributed by atoms with E-state index in [1.54, 1.807) is 6.20 Å². The summed E-state index contributed by atoms with van der Waals surface area (Å²) in [6.45, 7) is -1.61. The van der Waals surface area contributed by atoms with Crippen molar-refractivity contribution in [3.05, 3.63) is 53.7 Å². The zero-order valence-corrected chi connectivity index (χ0v) is 17.6. The van der Waals surface area contributed by atoms with Gasteiger partial charge in [0, 0.05) is 5.69 Å². The second-order valence-electron chi connectivity index (χ2n) is 6.13. The van der Waals surface area contributed by atoms with Crippen LogP contribution in [0, 0.1) is 0 Å². The van der Waals surface area contributed by atoms with E-state index in [-0.39, 0.29) is 22.2 Å². The van der Waals surface area contributed by atoms with Gasteiger partial charge in [-0.1, -0.05) is 35.5 Å². The van der Waals surface area contributed by atoms with Gasteiger partial charge in [0.15, 0.2) is 6.10 Å². The minimum Gasteiger partial charge on any atom is -0.452 e. The number of aromatic nitrogens is 2. The Bertz CT molecular complexity index is 1100. The van der Waals surface area contributed by atoms with E-state index in [2.05, 4.69) is 20.0 Å². The average molecular weight is 468 g/mol. The third-order valence-corrected chi connectivity index (χ3v) is 5.03. The number of benzene rings is 2. The lowest BCUT2D eigenvalue weighted by atomic mass is 10.3. The molecule has 0 fully saturated rings. The van der Waals surface area contributed by atoms with E-state index in [0.717, 1.165) is 17.3 Å². The molecule has 162 valence electrons. The first-order valence-electron chi connectivity index (χ1n) is 8.91. The highest BCUT2D eigenvalue weighted by Crippen LogP contribution is 2.29. The van der Waals surface area contributed by atoms with Crippen LogP contribution in [0.1, 0.15) is 6.92 Å². The first-order valence-corrected chi connectivity index (χ1v) is 10.3. The predicted octanol–water partition coefficient (Wildman–Crippen LogP) is 4.55. The highest BCUT2D eigenvalue weighted by molar-refractivity contribution is 7.99. The summed E-state index contributed by atoms with van der Waals surface area (Å²) >= 11 is 6.98. The van der Waals surface area contributed by atoms with Gasteiger partial charge in [-0.2, -0.15) is 8.78 Å². The van der Waals surface area contributed by atoms with Crippen molar-refractivity contribution in [1.82, 2.24) is 9.97 Å². The van der Waals surface area contributed by atoms with Gasteiger partial charge < -0.3 is 14.8 Å². The smallest absolute Gasteiger partial charge is 0.387 e. The molecular formula is C20H16ClF2N3O4S. The van der Waals surface area contributed by atoms with Crippen molar-refractivity contribution in [1.29, 1.82) is 0 Å². The molecule has 0 bridgehead atoms. The van der Waals surface area contributed by atoms with Crippen LogP contribution in [-0.2, 0) is 14.3 Å². The number of esters is 1. The Balaban J connectivity index is 1.50. The molecule has 11 heteroatoms. The summed E-state index contributed by atoms with van der Waals surface area (Å²) in [5.74, 6) is -1.50. The van der Waals surface area contributed by atoms with Crippen LogP contribution < -0.4 is 10.1 Å². The maximum Gasteiger partial charge on any atom is 0.387 e. The molecule has 3 aromatic rings. The molecule has 0 saturated heterocycles. The quantitative estimate of drug-likeness (QED) is 0.384. The van der Waals surface area contributed by atoms with Crippen molar-refractivity contribution >= 4 is 52.0 Å². The number of carbonyl (C=O) groups is 2. The topological polar surface area (TPSA) is 90.4 Å². The van der Waals surface area contributed by atoms with Gasteiger partial charge in [-0.15, -0.1) is 0 Å². The Kier molecular flexibility index (Phi) is 7.59. The van der Waals surface area contributed by atoms with Crippen molar-refractivity contribution in [2.45, 2.75) is 24.7 Å². The molecule has 1 amide bonds. The van der Waals surface area contributed by atoms with Gasteiger partial charge in [-0.3, -0.25) is 14.6 Å². The van der Waals surface area contributed by atoms with Gasteiger partial charge >= 0.3 is 12.6 Å². The minimum atomic E-state index is -3.02. The summed E-state index contributed by atoms with van der Waals surface area (Å²) < 4.78 is 33.9. The number of carbonyl (C=O) groups excluding carboxylic acids is 2. The van der Waals surface area contributed by atoms with Crippen LogP contribution in [0.2, 0.25) is 5.02 Å². The Morgan fingerprint density at radius 3 is 2.65 bits per heavy atom. The summed E-state index contributed by atoms with van der Waals surface area (Å²) in [4.78, 5) is 33.0. The number of hydrogen-bond acceptors (Lipinski definition) is 7. The molecule has 0 radical (unpaired) electrons. The molecule has 0 spiro atoms. The normalized spacial score (nSPS) is 11.9. The van der Waals surface area contributed by atoms with Crippen molar-refractivity contribution in [3.63, 3.8) is 0 Å². The van der Waals surface area contributed by atoms with Gasteiger partial charge in [0.25, 0.3) is 5.91 Å². The van der Waals surface area contributed by atoms with E-state index in [9.17, 15) is 18.4 Å². The number of thioether (sulfide) groups is 1. The third kappa shape index (κ3) is 6.50. The van der Waals surface area contributed by atoms with Crippen LogP contribution in [0.4, 0.5) is 14.5 Å². The first-order chi connectivity index (χ1) is 14.8. The number of para-hydroxylation sites is 2. The molecule has 1 atom stereocenters. The van der Waals surface area contributed by atoms with Gasteiger partial charge in [-0.25, -0.2) is 4.98 Å². The lowest BCUT2D eigenvalue weighted by molar-refractivity contribution is -0.150. The average Bonchev–Trinajstić information content (AvgIpc) is 2.73. The summed E-state index contributed by atoms with van der Waals surface area (Å²) in [7, 11) is 0. The monoisotopic (exact) mass is 467 g/mol. The highest BCUT2D eigenvalue weighted by atomic mass is 35.5. The van der Waals surface area contributed by atoms with Crippen molar-refractivity contribution in [2.75, 3.05) is 11.1 Å². The molecule has 1 aromatic heterocycles. The van der Waals surface area contributed by atoms with E-state index in [1.165, 1.54) is 25.1 Å². The van der Waals surface area contributed by atoms with Crippen LogP contribution in [0.5, 0.6) is 5.75 Å². The Labute approximate surface area is 185 Å². The maximum atomic E-state index is 12.3. The molecule has 1 unspecified atom stereocenters. The third-order valence-electron chi connectivity index (χ3n) is 3.86. The lowest BCUT2D eigenvalue weighted by Gasteiger charge is -2.14. The summed E-state index contributed by atoms with van der Waals surface area (Å²) in [6.07, 6.45) is 0.466. The molecular weight excluding hydrogens is 452 g/mol. The molecule has 1 N–H and O–H groups in total. The number of nitrogens with zero attached hydrogens (tertiary/aromatic N) is 2. The van der Waals surface area contributed by atoms with Crippen LogP contribution in [0.15, 0.2) is 53.7 Å². The van der Waals surface area contributed by atoms with Crippen molar-refractivity contribution in [3.8, 4) is 5.75 Å². The van der Waals surface area contributed by atoms with E-state index < -0.39 is 24.6 Å². The fourth-order valence-corrected chi connectivity index (χ4v) is 3.29. The number of alkyl halides is 2. The fourth-order valence-electron chi connectivity index (χ4n) is 2.44. The second kappa shape index (κ2) is 10.4. The number of halogens is 3. The van der Waals surface area contributed by atoms with Gasteiger partial charge in [-0.05, 0) is 37.3 Å². The van der Waals surface area contributed by atoms with Crippen LogP contribution in [0.25, 0.3) is 11.0 Å². The predicted molar refractivity (Wildman–Crippen MR) is 113 cm³/mol. The number of hydrogen-bond donors (Lipinski definition) is 1. The molecule has 3 rings (SSSR count). The van der Waals surface area contributed by atoms with Crippen LogP contribution in [-0.4, -0.2) is 40.3 Å². The number of rotatable bonds is 8. The van der Waals surface area contributed by atoms with Gasteiger partial charge in [0.2, 0.25) is 0 Å². The molecule has 0 saturated carbocycles. The minimum absolute atomic E-state index is 0.0594. The molecule has 31 heavy (non-hydrogen) atoms. The Morgan fingerprint density at radius 2 is 1.94 bits per heavy atom. The molecule has 0 aliphatic heterocycles. The van der Waals surface area contributed by atoms with E-state index in [0.29, 0.717) is 10.5 Å². The first kappa shape index (κ1) is 22.7. The summed E-state index contributed by atoms with van der Waals surface area (Å²) in [5.41, 5.74) is 1.69. The van der Waals surface area contributed by atoms with Gasteiger partial charge in [0.05, 0.1) is 28.0 Å². The largest absolute Gasteiger partial charge is 0.452 e. The van der Waals surface area contributed by atoms with Crippen molar-refractivity contribution < 1.29 is 27.8 Å². The molecule has 2 aromatic carbocycles. The zero-order valence-electron chi connectivity index (χ0n) is 16.1. The van der Waals surface area contributed by atoms with E-state index in [4.69, 9.17) is 16.3 Å². The standard InChI is InChI=1S/C20H16ClF2N3O4S/c1-11(19(28)25-12-6-7-16(13(21)8-12)30-20(22)23)29-18(27)10-31-17-9-24-14-4-2-3-5-15(14)26-17/h2-9,11,20H,10H2,1H3,(H,25,28). The number of ether oxygens (including phenoxy) is 2. The number of anilines is 1. The summed E-state index contributed by atoms with van der Waals surface area (Å²) in [5, 5.41) is 2.94. The number of fused-ring (bicyclic) bond motifs is 1. The number of amides is 1. The Morgan fingerprint density at radius 1 is 1.19 bits per heavy atom. The highest BCUT2D eigenvalue weighted by Gasteiger charge is 2.19. The van der Waals surface area contributed by atoms with Crippen molar-refractivity contribution in [2.24, 2.45) is 0 Å². The molecule has 0 aliphatic carbocycles. The lowest BCUT2D eigenvalue weighted by Crippen LogP contribution is -2.30. The fraction of sp³-hybridized carbons (Fsp3) is 0.200. The van der Waals surface area contributed by atoms with Gasteiger partial charge in [0.1, 0.15) is 10.8 Å². The molecule has 0 aliphatic rings. The van der Waals surface area contributed by atoms with Crippen LogP contribution >= 0.6 is 23.4 Å². The SMILES string of the molecule is CC(OC(=O)CSc1cnc2ccccc2n1)C(=O)Nc1ccc(OC(F)F)c(Cl)c1. The summed E-state index contributed by atoms with van der Waals surface area (Å²) in [6, 6.07) is 11.1. The number of nitrogens with one attached hydrogen (secondary N) is 1. The van der Waals surface area contributed by atoms with E-state index >= 15 is 0 Å². The Hall–Kier alpha value is -2.98. The maximum absolute atomic E-state index is 12.3.